The molecule has 1 atom stereocenters. The molecule has 0 aromatic carbocycles. The third-order valence-electron chi connectivity index (χ3n) is 4.05. The van der Waals surface area contributed by atoms with E-state index in [-0.39, 0.29) is 42.2 Å². The Labute approximate surface area is 156 Å². The highest BCUT2D eigenvalue weighted by molar-refractivity contribution is 7.20. The first-order valence-corrected chi connectivity index (χ1v) is 8.77. The van der Waals surface area contributed by atoms with Crippen molar-refractivity contribution in [3.8, 4) is 9.88 Å². The lowest BCUT2D eigenvalue weighted by Crippen LogP contribution is -2.54. The van der Waals surface area contributed by atoms with Crippen LogP contribution in [0.15, 0.2) is 22.9 Å². The number of amides is 1. The van der Waals surface area contributed by atoms with Crippen molar-refractivity contribution < 1.29 is 4.79 Å². The molecule has 0 bridgehead atoms. The van der Waals surface area contributed by atoms with Gasteiger partial charge in [0.1, 0.15) is 10.7 Å². The van der Waals surface area contributed by atoms with Gasteiger partial charge in [0.05, 0.1) is 4.88 Å². The third kappa shape index (κ3) is 4.25. The Morgan fingerprint density at radius 2 is 2.13 bits per heavy atom. The van der Waals surface area contributed by atoms with Crippen LogP contribution >= 0.6 is 47.5 Å². The molecule has 0 radical (unpaired) electrons. The smallest absolute Gasteiger partial charge is 0.273 e. The SMILES string of the molecule is CC1(C)CN(C(=O)c2csc(-c3cccs3)n2)CCC1N.Cl.Cl. The zero-order chi connectivity index (χ0) is 15.0. The van der Waals surface area contributed by atoms with Crippen LogP contribution in [0.4, 0.5) is 0 Å². The van der Waals surface area contributed by atoms with Crippen molar-refractivity contribution in [2.24, 2.45) is 11.1 Å². The van der Waals surface area contributed by atoms with E-state index in [1.807, 2.05) is 27.8 Å². The summed E-state index contributed by atoms with van der Waals surface area (Å²) in [6.45, 7) is 5.65. The van der Waals surface area contributed by atoms with Crippen molar-refractivity contribution in [2.45, 2.75) is 26.3 Å². The van der Waals surface area contributed by atoms with Crippen molar-refractivity contribution in [1.82, 2.24) is 9.88 Å². The molecule has 1 amide bonds. The van der Waals surface area contributed by atoms with Crippen molar-refractivity contribution in [1.29, 1.82) is 0 Å². The minimum absolute atomic E-state index is 0. The second-order valence-electron chi connectivity index (χ2n) is 6.13. The maximum atomic E-state index is 12.6. The predicted molar refractivity (Wildman–Crippen MR) is 102 cm³/mol. The number of nitrogens with two attached hydrogens (primary N) is 1. The summed E-state index contributed by atoms with van der Waals surface area (Å²) in [5.74, 6) is 0.0223. The average molecular weight is 394 g/mol. The lowest BCUT2D eigenvalue weighted by atomic mass is 9.79. The number of likely N-dealkylation sites (tertiary alicyclic amines) is 1. The normalized spacial score (nSPS) is 19.6. The van der Waals surface area contributed by atoms with E-state index in [2.05, 4.69) is 18.8 Å². The topological polar surface area (TPSA) is 59.2 Å². The van der Waals surface area contributed by atoms with Gasteiger partial charge in [-0.05, 0) is 23.3 Å². The van der Waals surface area contributed by atoms with Gasteiger partial charge in [-0.2, -0.15) is 0 Å². The van der Waals surface area contributed by atoms with Crippen molar-refractivity contribution >= 4 is 53.4 Å². The monoisotopic (exact) mass is 393 g/mol. The summed E-state index contributed by atoms with van der Waals surface area (Å²) in [5.41, 5.74) is 6.64. The summed E-state index contributed by atoms with van der Waals surface area (Å²) in [4.78, 5) is 20.1. The lowest BCUT2D eigenvalue weighted by molar-refractivity contribution is 0.0528. The van der Waals surface area contributed by atoms with E-state index >= 15 is 0 Å². The number of piperidine rings is 1. The summed E-state index contributed by atoms with van der Waals surface area (Å²) in [5, 5.41) is 4.80. The quantitative estimate of drug-likeness (QED) is 0.840. The van der Waals surface area contributed by atoms with Crippen LogP contribution < -0.4 is 5.73 Å². The summed E-state index contributed by atoms with van der Waals surface area (Å²) in [6, 6.07) is 4.18. The third-order valence-corrected chi connectivity index (χ3v) is 5.94. The molecule has 1 aliphatic heterocycles. The number of aromatic nitrogens is 1. The zero-order valence-electron chi connectivity index (χ0n) is 13.0. The van der Waals surface area contributed by atoms with Crippen LogP contribution in [0.5, 0.6) is 0 Å². The molecule has 0 aliphatic carbocycles. The number of carbonyl (C=O) groups is 1. The van der Waals surface area contributed by atoms with Crippen LogP contribution in [0.3, 0.4) is 0 Å². The van der Waals surface area contributed by atoms with E-state index in [1.165, 1.54) is 11.3 Å². The van der Waals surface area contributed by atoms with Gasteiger partial charge in [-0.25, -0.2) is 4.98 Å². The molecule has 2 aromatic rings. The van der Waals surface area contributed by atoms with Crippen LogP contribution in [-0.4, -0.2) is 34.9 Å². The Hall–Kier alpha value is -0.660. The van der Waals surface area contributed by atoms with E-state index in [1.54, 1.807) is 11.3 Å². The summed E-state index contributed by atoms with van der Waals surface area (Å²) in [6.07, 6.45) is 0.848. The summed E-state index contributed by atoms with van der Waals surface area (Å²) >= 11 is 3.17. The minimum Gasteiger partial charge on any atom is -0.337 e. The Morgan fingerprint density at radius 3 is 2.74 bits per heavy atom. The van der Waals surface area contributed by atoms with Crippen LogP contribution in [-0.2, 0) is 0 Å². The minimum atomic E-state index is -0.0412. The molecule has 3 rings (SSSR count). The Balaban J connectivity index is 0.00000132. The van der Waals surface area contributed by atoms with E-state index in [0.717, 1.165) is 22.9 Å². The maximum Gasteiger partial charge on any atom is 0.273 e. The van der Waals surface area contributed by atoms with Gasteiger partial charge >= 0.3 is 0 Å². The molecule has 128 valence electrons. The van der Waals surface area contributed by atoms with Crippen LogP contribution in [0.2, 0.25) is 0 Å². The molecule has 23 heavy (non-hydrogen) atoms. The Kier molecular flexibility index (Phi) is 7.04. The van der Waals surface area contributed by atoms with Gasteiger partial charge in [-0.1, -0.05) is 19.9 Å². The molecule has 1 unspecified atom stereocenters. The molecular formula is C15H21Cl2N3OS2. The van der Waals surface area contributed by atoms with Gasteiger partial charge in [-0.3, -0.25) is 4.79 Å². The Morgan fingerprint density at radius 1 is 1.39 bits per heavy atom. The molecule has 4 nitrogen and oxygen atoms in total. The fourth-order valence-electron chi connectivity index (χ4n) is 2.59. The number of nitrogens with zero attached hydrogens (tertiary/aromatic N) is 2. The number of carbonyl (C=O) groups excluding carboxylic acids is 1. The largest absolute Gasteiger partial charge is 0.337 e. The highest BCUT2D eigenvalue weighted by Gasteiger charge is 2.36. The standard InChI is InChI=1S/C15H19N3OS2.2ClH/c1-15(2)9-18(6-5-12(15)16)14(19)10-8-21-13(17-10)11-4-3-7-20-11;;/h3-4,7-8,12H,5-6,9,16H2,1-2H3;2*1H. The first-order chi connectivity index (χ1) is 9.97. The van der Waals surface area contributed by atoms with Crippen LogP contribution in [0.1, 0.15) is 30.8 Å². The lowest BCUT2D eigenvalue weighted by Gasteiger charge is -2.42. The molecule has 1 fully saturated rings. The number of halogens is 2. The fraction of sp³-hybridized carbons (Fsp3) is 0.467. The molecule has 8 heteroatoms. The van der Waals surface area contributed by atoms with Gasteiger partial charge in [0.15, 0.2) is 0 Å². The molecule has 3 heterocycles. The highest BCUT2D eigenvalue weighted by atomic mass is 35.5. The van der Waals surface area contributed by atoms with E-state index in [4.69, 9.17) is 5.73 Å². The first-order valence-electron chi connectivity index (χ1n) is 7.01. The number of thiazole rings is 1. The van der Waals surface area contributed by atoms with Gasteiger partial charge in [-0.15, -0.1) is 47.5 Å². The first kappa shape index (κ1) is 20.4. The molecule has 0 saturated carbocycles. The van der Waals surface area contributed by atoms with Gasteiger partial charge in [0, 0.05) is 24.5 Å². The highest BCUT2D eigenvalue weighted by Crippen LogP contribution is 2.31. The second kappa shape index (κ2) is 7.94. The molecule has 2 aromatic heterocycles. The number of hydrogen-bond acceptors (Lipinski definition) is 5. The number of hydrogen-bond donors (Lipinski definition) is 1. The van der Waals surface area contributed by atoms with Gasteiger partial charge in [0.2, 0.25) is 0 Å². The van der Waals surface area contributed by atoms with E-state index in [0.29, 0.717) is 12.2 Å². The number of thiophene rings is 1. The Bertz CT molecular complexity index is 643. The summed E-state index contributed by atoms with van der Waals surface area (Å²) < 4.78 is 0. The predicted octanol–water partition coefficient (Wildman–Crippen LogP) is 3.91. The van der Waals surface area contributed by atoms with Gasteiger partial charge < -0.3 is 10.6 Å². The van der Waals surface area contributed by atoms with Crippen molar-refractivity contribution in [3.63, 3.8) is 0 Å². The van der Waals surface area contributed by atoms with Gasteiger partial charge in [0.25, 0.3) is 5.91 Å². The second-order valence-corrected chi connectivity index (χ2v) is 7.93. The average Bonchev–Trinajstić information content (AvgIpc) is 3.10. The van der Waals surface area contributed by atoms with E-state index in [9.17, 15) is 4.79 Å². The molecular weight excluding hydrogens is 373 g/mol. The number of rotatable bonds is 2. The van der Waals surface area contributed by atoms with Crippen LogP contribution in [0.25, 0.3) is 9.88 Å². The fourth-order valence-corrected chi connectivity index (χ4v) is 4.20. The molecule has 1 aliphatic rings. The maximum absolute atomic E-state index is 12.6. The van der Waals surface area contributed by atoms with Crippen molar-refractivity contribution in [2.75, 3.05) is 13.1 Å². The molecule has 1 saturated heterocycles. The summed E-state index contributed by atoms with van der Waals surface area (Å²) in [7, 11) is 0. The van der Waals surface area contributed by atoms with E-state index < -0.39 is 0 Å². The van der Waals surface area contributed by atoms with Crippen LogP contribution in [0, 0.1) is 5.41 Å². The van der Waals surface area contributed by atoms with Crippen molar-refractivity contribution in [3.05, 3.63) is 28.6 Å². The zero-order valence-corrected chi connectivity index (χ0v) is 16.3. The molecule has 2 N–H and O–H groups in total. The molecule has 0 spiro atoms.